The van der Waals surface area contributed by atoms with Crippen molar-refractivity contribution in [2.24, 2.45) is 5.92 Å². The zero-order valence-electron chi connectivity index (χ0n) is 11.2. The van der Waals surface area contributed by atoms with E-state index >= 15 is 0 Å². The van der Waals surface area contributed by atoms with Gasteiger partial charge in [-0.2, -0.15) is 0 Å². The van der Waals surface area contributed by atoms with Crippen LogP contribution < -0.4 is 10.6 Å². The van der Waals surface area contributed by atoms with Crippen LogP contribution in [0, 0.1) is 5.92 Å². The minimum Gasteiger partial charge on any atom is -0.399 e. The summed E-state index contributed by atoms with van der Waals surface area (Å²) in [7, 11) is 0. The van der Waals surface area contributed by atoms with E-state index in [-0.39, 0.29) is 0 Å². The zero-order valence-corrected chi connectivity index (χ0v) is 12.7. The van der Waals surface area contributed by atoms with Crippen molar-refractivity contribution < 1.29 is 0 Å². The number of nitrogen functional groups attached to an aromatic ring is 1. The first-order valence-corrected chi connectivity index (χ1v) is 7.80. The van der Waals surface area contributed by atoms with Crippen LogP contribution in [0.15, 0.2) is 22.7 Å². The van der Waals surface area contributed by atoms with E-state index in [9.17, 15) is 0 Å². The highest BCUT2D eigenvalue weighted by Gasteiger charge is 2.18. The third-order valence-electron chi connectivity index (χ3n) is 3.86. The Balaban J connectivity index is 2.05. The highest BCUT2D eigenvalue weighted by Crippen LogP contribution is 2.31. The van der Waals surface area contributed by atoms with Crippen LogP contribution in [0.4, 0.5) is 11.4 Å². The summed E-state index contributed by atoms with van der Waals surface area (Å²) >= 11 is 3.63. The number of rotatable bonds is 3. The second kappa shape index (κ2) is 6.46. The lowest BCUT2D eigenvalue weighted by Crippen LogP contribution is -2.24. The Morgan fingerprint density at radius 3 is 2.89 bits per heavy atom. The third-order valence-corrected chi connectivity index (χ3v) is 4.49. The molecule has 3 heteroatoms. The van der Waals surface area contributed by atoms with Crippen LogP contribution in [-0.2, 0) is 0 Å². The van der Waals surface area contributed by atoms with Crippen molar-refractivity contribution >= 4 is 27.3 Å². The monoisotopic (exact) mass is 310 g/mol. The quantitative estimate of drug-likeness (QED) is 0.836. The van der Waals surface area contributed by atoms with Gasteiger partial charge in [-0.05, 0) is 59.3 Å². The van der Waals surface area contributed by atoms with Crippen molar-refractivity contribution in [2.75, 3.05) is 23.7 Å². The Morgan fingerprint density at radius 2 is 2.17 bits per heavy atom. The van der Waals surface area contributed by atoms with Crippen LogP contribution in [0.1, 0.15) is 39.0 Å². The van der Waals surface area contributed by atoms with E-state index in [2.05, 4.69) is 33.8 Å². The lowest BCUT2D eigenvalue weighted by molar-refractivity contribution is 0.435. The summed E-state index contributed by atoms with van der Waals surface area (Å²) in [5.74, 6) is 0.924. The number of benzene rings is 1. The first-order valence-electron chi connectivity index (χ1n) is 7.00. The highest BCUT2D eigenvalue weighted by molar-refractivity contribution is 9.10. The summed E-state index contributed by atoms with van der Waals surface area (Å²) in [6.07, 6.45) is 6.72. The third kappa shape index (κ3) is 3.41. The molecular weight excluding hydrogens is 288 g/mol. The van der Waals surface area contributed by atoms with Crippen molar-refractivity contribution in [1.82, 2.24) is 0 Å². The largest absolute Gasteiger partial charge is 0.399 e. The summed E-state index contributed by atoms with van der Waals surface area (Å²) in [6, 6.07) is 6.14. The number of anilines is 2. The fourth-order valence-electron chi connectivity index (χ4n) is 2.88. The van der Waals surface area contributed by atoms with Gasteiger partial charge in [0, 0.05) is 23.2 Å². The first kappa shape index (κ1) is 13.7. The van der Waals surface area contributed by atoms with Crippen LogP contribution >= 0.6 is 15.9 Å². The average molecular weight is 311 g/mol. The van der Waals surface area contributed by atoms with Crippen molar-refractivity contribution in [3.8, 4) is 0 Å². The van der Waals surface area contributed by atoms with Gasteiger partial charge in [-0.15, -0.1) is 0 Å². The molecule has 1 atom stereocenters. The molecule has 2 N–H and O–H groups in total. The predicted octanol–water partition coefficient (Wildman–Crippen LogP) is 4.44. The van der Waals surface area contributed by atoms with E-state index in [1.807, 2.05) is 12.1 Å². The number of nitrogens with two attached hydrogens (primary N) is 1. The van der Waals surface area contributed by atoms with E-state index in [0.29, 0.717) is 0 Å². The number of hydrogen-bond donors (Lipinski definition) is 1. The maximum atomic E-state index is 5.80. The zero-order chi connectivity index (χ0) is 13.0. The topological polar surface area (TPSA) is 29.3 Å². The van der Waals surface area contributed by atoms with Crippen molar-refractivity contribution in [1.29, 1.82) is 0 Å². The summed E-state index contributed by atoms with van der Waals surface area (Å²) in [5, 5.41) is 0. The van der Waals surface area contributed by atoms with Gasteiger partial charge >= 0.3 is 0 Å². The molecule has 1 aliphatic heterocycles. The molecule has 2 nitrogen and oxygen atoms in total. The van der Waals surface area contributed by atoms with Gasteiger partial charge in [0.1, 0.15) is 0 Å². The van der Waals surface area contributed by atoms with Crippen LogP contribution in [0.5, 0.6) is 0 Å². The molecule has 1 aromatic carbocycles. The number of halogens is 1. The standard InChI is InChI=1S/C15H23BrN2/c1-2-4-12-5-3-9-18(10-8-12)15-7-6-13(17)11-14(15)16/h6-7,11-12H,2-5,8-10,17H2,1H3. The summed E-state index contributed by atoms with van der Waals surface area (Å²) in [4.78, 5) is 2.50. The minimum absolute atomic E-state index is 0.823. The molecule has 100 valence electrons. The molecule has 0 aromatic heterocycles. The predicted molar refractivity (Wildman–Crippen MR) is 83.0 cm³/mol. The van der Waals surface area contributed by atoms with Gasteiger partial charge in [0.05, 0.1) is 5.69 Å². The summed E-state index contributed by atoms with van der Waals surface area (Å²) < 4.78 is 1.12. The van der Waals surface area contributed by atoms with E-state index in [1.54, 1.807) is 0 Å². The molecule has 0 radical (unpaired) electrons. The second-order valence-electron chi connectivity index (χ2n) is 5.28. The summed E-state index contributed by atoms with van der Waals surface area (Å²) in [6.45, 7) is 4.63. The van der Waals surface area contributed by atoms with Crippen molar-refractivity contribution in [2.45, 2.75) is 39.0 Å². The van der Waals surface area contributed by atoms with Gasteiger partial charge in [-0.3, -0.25) is 0 Å². The normalized spacial score (nSPS) is 20.8. The molecule has 18 heavy (non-hydrogen) atoms. The molecule has 1 unspecified atom stereocenters. The van der Waals surface area contributed by atoms with Crippen LogP contribution in [-0.4, -0.2) is 13.1 Å². The van der Waals surface area contributed by atoms with E-state index < -0.39 is 0 Å². The Bertz CT molecular complexity index is 392. The number of nitrogens with zero attached hydrogens (tertiary/aromatic N) is 1. The second-order valence-corrected chi connectivity index (χ2v) is 6.14. The van der Waals surface area contributed by atoms with Gasteiger partial charge in [0.15, 0.2) is 0 Å². The molecule has 2 rings (SSSR count). The molecule has 1 heterocycles. The summed E-state index contributed by atoms with van der Waals surface area (Å²) in [5.41, 5.74) is 7.92. The fourth-order valence-corrected chi connectivity index (χ4v) is 3.53. The Hall–Kier alpha value is -0.700. The molecule has 0 amide bonds. The number of hydrogen-bond acceptors (Lipinski definition) is 2. The molecular formula is C15H23BrN2. The fraction of sp³-hybridized carbons (Fsp3) is 0.600. The molecule has 0 bridgehead atoms. The molecule has 0 spiro atoms. The Kier molecular flexibility index (Phi) is 4.93. The lowest BCUT2D eigenvalue weighted by atomic mass is 9.96. The molecule has 0 saturated carbocycles. The Labute approximate surface area is 119 Å². The Morgan fingerprint density at radius 1 is 1.33 bits per heavy atom. The molecule has 1 aromatic rings. The smallest absolute Gasteiger partial charge is 0.0512 e. The molecule has 1 saturated heterocycles. The van der Waals surface area contributed by atoms with E-state index in [1.165, 1.54) is 50.9 Å². The maximum Gasteiger partial charge on any atom is 0.0512 e. The van der Waals surface area contributed by atoms with Crippen molar-refractivity contribution in [3.63, 3.8) is 0 Å². The van der Waals surface area contributed by atoms with Gasteiger partial charge in [-0.1, -0.05) is 19.8 Å². The van der Waals surface area contributed by atoms with Crippen LogP contribution in [0.3, 0.4) is 0 Å². The SMILES string of the molecule is CCCC1CCCN(c2ccc(N)cc2Br)CC1. The molecule has 1 fully saturated rings. The van der Waals surface area contributed by atoms with E-state index in [0.717, 1.165) is 16.1 Å². The first-order chi connectivity index (χ1) is 8.70. The van der Waals surface area contributed by atoms with Gasteiger partial charge in [0.25, 0.3) is 0 Å². The van der Waals surface area contributed by atoms with Gasteiger partial charge in [-0.25, -0.2) is 0 Å². The van der Waals surface area contributed by atoms with Gasteiger partial charge < -0.3 is 10.6 Å². The lowest BCUT2D eigenvalue weighted by Gasteiger charge is -2.24. The average Bonchev–Trinajstić information content (AvgIpc) is 2.55. The maximum absolute atomic E-state index is 5.80. The highest BCUT2D eigenvalue weighted by atomic mass is 79.9. The van der Waals surface area contributed by atoms with E-state index in [4.69, 9.17) is 5.73 Å². The minimum atomic E-state index is 0.823. The van der Waals surface area contributed by atoms with Crippen LogP contribution in [0.25, 0.3) is 0 Å². The van der Waals surface area contributed by atoms with Crippen LogP contribution in [0.2, 0.25) is 0 Å². The molecule has 1 aliphatic rings. The van der Waals surface area contributed by atoms with Gasteiger partial charge in [0.2, 0.25) is 0 Å². The van der Waals surface area contributed by atoms with Crippen molar-refractivity contribution in [3.05, 3.63) is 22.7 Å². The molecule has 0 aliphatic carbocycles.